The van der Waals surface area contributed by atoms with E-state index in [2.05, 4.69) is 0 Å². The standard InChI is InChI=1S/C10H10ClNO/c11-6-4-8-7(9(12)5-6)2-1-3-10(8)13/h4-5H,1-3,12H2. The number of carbonyl (C=O) groups is 1. The molecule has 0 saturated carbocycles. The average Bonchev–Trinajstić information content (AvgIpc) is 2.07. The molecule has 0 amide bonds. The van der Waals surface area contributed by atoms with Crippen molar-refractivity contribution in [2.75, 3.05) is 5.73 Å². The van der Waals surface area contributed by atoms with Gasteiger partial charge < -0.3 is 5.73 Å². The third-order valence-corrected chi connectivity index (χ3v) is 2.60. The number of Topliss-reactive ketones (excluding diaryl/α,β-unsaturated/α-hetero) is 1. The van der Waals surface area contributed by atoms with Crippen molar-refractivity contribution in [2.24, 2.45) is 0 Å². The number of anilines is 1. The van der Waals surface area contributed by atoms with E-state index in [9.17, 15) is 4.79 Å². The van der Waals surface area contributed by atoms with E-state index in [1.165, 1.54) is 0 Å². The molecular formula is C10H10ClNO. The van der Waals surface area contributed by atoms with E-state index < -0.39 is 0 Å². The van der Waals surface area contributed by atoms with E-state index in [1.807, 2.05) is 0 Å². The molecule has 0 unspecified atom stereocenters. The van der Waals surface area contributed by atoms with Crippen LogP contribution in [0.15, 0.2) is 12.1 Å². The molecule has 0 fully saturated rings. The second-order valence-electron chi connectivity index (χ2n) is 3.30. The van der Waals surface area contributed by atoms with Crippen molar-refractivity contribution in [1.82, 2.24) is 0 Å². The number of benzene rings is 1. The Morgan fingerprint density at radius 2 is 2.08 bits per heavy atom. The summed E-state index contributed by atoms with van der Waals surface area (Å²) in [6, 6.07) is 3.42. The summed E-state index contributed by atoms with van der Waals surface area (Å²) in [5.41, 5.74) is 8.11. The number of nitrogens with two attached hydrogens (primary N) is 1. The van der Waals surface area contributed by atoms with Crippen LogP contribution >= 0.6 is 11.6 Å². The zero-order chi connectivity index (χ0) is 9.42. The first kappa shape index (κ1) is 8.57. The Kier molecular flexibility index (Phi) is 2.00. The molecule has 0 bridgehead atoms. The number of hydrogen-bond acceptors (Lipinski definition) is 2. The monoisotopic (exact) mass is 195 g/mol. The number of ketones is 1. The van der Waals surface area contributed by atoms with E-state index in [1.54, 1.807) is 12.1 Å². The smallest absolute Gasteiger partial charge is 0.163 e. The van der Waals surface area contributed by atoms with Crippen molar-refractivity contribution in [2.45, 2.75) is 19.3 Å². The van der Waals surface area contributed by atoms with Crippen LogP contribution in [0, 0.1) is 0 Å². The molecule has 0 aromatic heterocycles. The molecule has 1 aromatic rings. The fourth-order valence-electron chi connectivity index (χ4n) is 1.75. The molecule has 2 rings (SSSR count). The highest BCUT2D eigenvalue weighted by Crippen LogP contribution is 2.29. The maximum absolute atomic E-state index is 11.5. The summed E-state index contributed by atoms with van der Waals surface area (Å²) >= 11 is 5.82. The van der Waals surface area contributed by atoms with Crippen LogP contribution in [0.4, 0.5) is 5.69 Å². The van der Waals surface area contributed by atoms with Gasteiger partial charge in [0.25, 0.3) is 0 Å². The van der Waals surface area contributed by atoms with Gasteiger partial charge >= 0.3 is 0 Å². The highest BCUT2D eigenvalue weighted by molar-refractivity contribution is 6.31. The van der Waals surface area contributed by atoms with Crippen molar-refractivity contribution in [3.63, 3.8) is 0 Å². The highest BCUT2D eigenvalue weighted by Gasteiger charge is 2.19. The van der Waals surface area contributed by atoms with Crippen LogP contribution < -0.4 is 5.73 Å². The number of halogens is 1. The van der Waals surface area contributed by atoms with Gasteiger partial charge in [0.1, 0.15) is 0 Å². The van der Waals surface area contributed by atoms with Gasteiger partial charge in [-0.05, 0) is 30.5 Å². The van der Waals surface area contributed by atoms with E-state index in [0.717, 1.165) is 24.0 Å². The maximum Gasteiger partial charge on any atom is 0.163 e. The van der Waals surface area contributed by atoms with Gasteiger partial charge in [0.05, 0.1) is 0 Å². The zero-order valence-corrected chi connectivity index (χ0v) is 7.90. The molecule has 0 atom stereocenters. The van der Waals surface area contributed by atoms with Crippen molar-refractivity contribution >= 4 is 23.1 Å². The number of fused-ring (bicyclic) bond motifs is 1. The predicted molar refractivity (Wildman–Crippen MR) is 53.1 cm³/mol. The highest BCUT2D eigenvalue weighted by atomic mass is 35.5. The van der Waals surface area contributed by atoms with Crippen molar-refractivity contribution in [3.05, 3.63) is 28.3 Å². The molecule has 0 saturated heterocycles. The molecule has 2 nitrogen and oxygen atoms in total. The van der Waals surface area contributed by atoms with Gasteiger partial charge in [-0.1, -0.05) is 11.6 Å². The van der Waals surface area contributed by atoms with Crippen LogP contribution in [0.1, 0.15) is 28.8 Å². The summed E-state index contributed by atoms with van der Waals surface area (Å²) in [5.74, 6) is 0.162. The van der Waals surface area contributed by atoms with E-state index >= 15 is 0 Å². The Morgan fingerprint density at radius 3 is 2.85 bits per heavy atom. The summed E-state index contributed by atoms with van der Waals surface area (Å²) < 4.78 is 0. The molecule has 0 heterocycles. The maximum atomic E-state index is 11.5. The molecule has 1 aromatic carbocycles. The van der Waals surface area contributed by atoms with E-state index in [0.29, 0.717) is 17.1 Å². The number of hydrogen-bond donors (Lipinski definition) is 1. The normalized spacial score (nSPS) is 15.6. The lowest BCUT2D eigenvalue weighted by atomic mass is 9.89. The molecule has 0 radical (unpaired) electrons. The van der Waals surface area contributed by atoms with Crippen LogP contribution in [-0.4, -0.2) is 5.78 Å². The van der Waals surface area contributed by atoms with Gasteiger partial charge in [-0.2, -0.15) is 0 Å². The van der Waals surface area contributed by atoms with Crippen LogP contribution in [0.5, 0.6) is 0 Å². The van der Waals surface area contributed by atoms with Gasteiger partial charge in [0.2, 0.25) is 0 Å². The molecule has 3 heteroatoms. The second-order valence-corrected chi connectivity index (χ2v) is 3.73. The van der Waals surface area contributed by atoms with Crippen LogP contribution in [0.2, 0.25) is 5.02 Å². The lowest BCUT2D eigenvalue weighted by Crippen LogP contribution is -2.12. The van der Waals surface area contributed by atoms with Gasteiger partial charge in [0, 0.05) is 22.7 Å². The summed E-state index contributed by atoms with van der Waals surface area (Å²) in [5, 5.41) is 0.548. The molecule has 0 aliphatic heterocycles. The van der Waals surface area contributed by atoms with Gasteiger partial charge in [-0.3, -0.25) is 4.79 Å². The van der Waals surface area contributed by atoms with Crippen LogP contribution in [-0.2, 0) is 6.42 Å². The molecule has 68 valence electrons. The van der Waals surface area contributed by atoms with Crippen molar-refractivity contribution in [1.29, 1.82) is 0 Å². The number of rotatable bonds is 0. The Labute approximate surface area is 81.7 Å². The largest absolute Gasteiger partial charge is 0.398 e. The van der Waals surface area contributed by atoms with Crippen molar-refractivity contribution < 1.29 is 4.79 Å². The third kappa shape index (κ3) is 1.42. The minimum atomic E-state index is 0.162. The topological polar surface area (TPSA) is 43.1 Å². The van der Waals surface area contributed by atoms with E-state index in [-0.39, 0.29) is 5.78 Å². The average molecular weight is 196 g/mol. The number of carbonyl (C=O) groups excluding carboxylic acids is 1. The van der Waals surface area contributed by atoms with Gasteiger partial charge in [0.15, 0.2) is 5.78 Å². The zero-order valence-electron chi connectivity index (χ0n) is 7.14. The molecule has 1 aliphatic rings. The molecule has 1 aliphatic carbocycles. The minimum absolute atomic E-state index is 0.162. The Balaban J connectivity index is 2.63. The quantitative estimate of drug-likeness (QED) is 0.647. The van der Waals surface area contributed by atoms with Crippen LogP contribution in [0.3, 0.4) is 0 Å². The minimum Gasteiger partial charge on any atom is -0.398 e. The molecule has 2 N–H and O–H groups in total. The summed E-state index contributed by atoms with van der Waals surface area (Å²) in [7, 11) is 0. The third-order valence-electron chi connectivity index (χ3n) is 2.38. The van der Waals surface area contributed by atoms with Gasteiger partial charge in [-0.15, -0.1) is 0 Å². The second kappa shape index (κ2) is 3.04. The summed E-state index contributed by atoms with van der Waals surface area (Å²) in [6.07, 6.45) is 2.41. The van der Waals surface area contributed by atoms with Crippen LogP contribution in [0.25, 0.3) is 0 Å². The first-order chi connectivity index (χ1) is 6.18. The Bertz CT molecular complexity index is 373. The summed E-state index contributed by atoms with van der Waals surface area (Å²) in [4.78, 5) is 11.5. The van der Waals surface area contributed by atoms with E-state index in [4.69, 9.17) is 17.3 Å². The molecule has 0 spiro atoms. The first-order valence-electron chi connectivity index (χ1n) is 4.29. The molecule has 13 heavy (non-hydrogen) atoms. The lowest BCUT2D eigenvalue weighted by Gasteiger charge is -2.16. The predicted octanol–water partition coefficient (Wildman–Crippen LogP) is 2.44. The number of nitrogen functional groups attached to an aromatic ring is 1. The molecular weight excluding hydrogens is 186 g/mol. The van der Waals surface area contributed by atoms with Gasteiger partial charge in [-0.25, -0.2) is 0 Å². The summed E-state index contributed by atoms with van der Waals surface area (Å²) in [6.45, 7) is 0. The SMILES string of the molecule is Nc1cc(Cl)cc2c1CCCC2=O. The first-order valence-corrected chi connectivity index (χ1v) is 4.67. The lowest BCUT2D eigenvalue weighted by molar-refractivity contribution is 0.0972. The van der Waals surface area contributed by atoms with Crippen molar-refractivity contribution in [3.8, 4) is 0 Å². The fourth-order valence-corrected chi connectivity index (χ4v) is 1.97. The fraction of sp³-hybridized carbons (Fsp3) is 0.300. The Hall–Kier alpha value is -1.02. The Morgan fingerprint density at radius 1 is 1.31 bits per heavy atom.